The molecule has 20 heavy (non-hydrogen) atoms. The number of benzene rings is 1. The first-order chi connectivity index (χ1) is 9.69. The molecule has 0 spiro atoms. The van der Waals surface area contributed by atoms with Gasteiger partial charge in [0.1, 0.15) is 12.6 Å². The van der Waals surface area contributed by atoms with Gasteiger partial charge in [-0.2, -0.15) is 5.26 Å². The number of carbonyl (C=O) groups excluding carboxylic acids is 1. The maximum absolute atomic E-state index is 11.8. The Bertz CT molecular complexity index is 634. The van der Waals surface area contributed by atoms with E-state index in [1.165, 1.54) is 4.88 Å². The van der Waals surface area contributed by atoms with Crippen LogP contribution in [0.4, 0.5) is 5.69 Å². The summed E-state index contributed by atoms with van der Waals surface area (Å²) in [5, 5.41) is 16.1. The molecule has 0 saturated heterocycles. The van der Waals surface area contributed by atoms with Gasteiger partial charge in [-0.05, 0) is 29.6 Å². The summed E-state index contributed by atoms with van der Waals surface area (Å²) >= 11 is 7.53. The molecule has 3 N–H and O–H groups in total. The summed E-state index contributed by atoms with van der Waals surface area (Å²) < 4.78 is 0. The average Bonchev–Trinajstić information content (AvgIpc) is 2.92. The van der Waals surface area contributed by atoms with Crippen LogP contribution < -0.4 is 10.6 Å². The van der Waals surface area contributed by atoms with Crippen LogP contribution in [-0.4, -0.2) is 12.5 Å². The Morgan fingerprint density at radius 3 is 3.00 bits per heavy atom. The van der Waals surface area contributed by atoms with Crippen LogP contribution in [0.1, 0.15) is 10.4 Å². The summed E-state index contributed by atoms with van der Waals surface area (Å²) in [7, 11) is 0. The number of nitrogens with two attached hydrogens (primary N) is 1. The second-order valence-electron chi connectivity index (χ2n) is 4.13. The van der Waals surface area contributed by atoms with Crippen LogP contribution in [0.25, 0.3) is 0 Å². The third-order valence-electron chi connectivity index (χ3n) is 2.63. The molecule has 2 rings (SSSR count). The molecule has 6 heteroatoms. The predicted molar refractivity (Wildman–Crippen MR) is 79.6 cm³/mol. The highest BCUT2D eigenvalue weighted by Crippen LogP contribution is 2.20. The van der Waals surface area contributed by atoms with Crippen molar-refractivity contribution < 1.29 is 10.1 Å². The van der Waals surface area contributed by atoms with Gasteiger partial charge in [-0.1, -0.05) is 17.7 Å². The second kappa shape index (κ2) is 7.06. The molecule has 0 radical (unpaired) electrons. The summed E-state index contributed by atoms with van der Waals surface area (Å²) in [5.74, 6) is -0.152. The van der Waals surface area contributed by atoms with Gasteiger partial charge >= 0.3 is 0 Å². The molecule has 2 aromatic rings. The van der Waals surface area contributed by atoms with E-state index in [-0.39, 0.29) is 5.91 Å². The highest BCUT2D eigenvalue weighted by molar-refractivity contribution is 7.09. The van der Waals surface area contributed by atoms with Gasteiger partial charge in [0.25, 0.3) is 5.91 Å². The smallest absolute Gasteiger partial charge is 0.279 e. The molecular weight excluding hydrogens is 294 g/mol. The fraction of sp³-hybridized carbons (Fsp3) is 0.143. The van der Waals surface area contributed by atoms with Crippen molar-refractivity contribution >= 4 is 34.5 Å². The normalized spacial score (nSPS) is 10.0. The first-order valence-corrected chi connectivity index (χ1v) is 7.28. The minimum atomic E-state index is -0.152. The van der Waals surface area contributed by atoms with E-state index in [0.717, 1.165) is 6.54 Å². The first kappa shape index (κ1) is 14.5. The van der Waals surface area contributed by atoms with Gasteiger partial charge in [-0.25, -0.2) is 0 Å². The van der Waals surface area contributed by atoms with Crippen LogP contribution in [0.3, 0.4) is 0 Å². The lowest BCUT2D eigenvalue weighted by molar-refractivity contribution is -0.659. The number of nitriles is 1. The van der Waals surface area contributed by atoms with Gasteiger partial charge in [0, 0.05) is 5.02 Å². The van der Waals surface area contributed by atoms with Crippen molar-refractivity contribution in [2.24, 2.45) is 0 Å². The van der Waals surface area contributed by atoms with Gasteiger partial charge in [-0.15, -0.1) is 11.3 Å². The van der Waals surface area contributed by atoms with Crippen LogP contribution in [-0.2, 0) is 11.3 Å². The summed E-state index contributed by atoms with van der Waals surface area (Å²) in [5.41, 5.74) is 0.857. The maximum atomic E-state index is 11.8. The molecule has 1 aromatic heterocycles. The summed E-state index contributed by atoms with van der Waals surface area (Å²) in [6.07, 6.45) is 0. The number of halogens is 1. The van der Waals surface area contributed by atoms with Crippen LogP contribution in [0.5, 0.6) is 0 Å². The summed E-state index contributed by atoms with van der Waals surface area (Å²) in [4.78, 5) is 13.0. The zero-order valence-corrected chi connectivity index (χ0v) is 12.2. The maximum Gasteiger partial charge on any atom is 0.279 e. The standard InChI is InChI=1S/C14H12ClN3OS/c15-11-4-3-10(7-16)13(6-11)18-14(19)9-17-8-12-2-1-5-20-12/h1-6,17H,8-9H2,(H,18,19)/p+1. The number of anilines is 1. The number of quaternary nitrogens is 1. The van der Waals surface area contributed by atoms with E-state index in [0.29, 0.717) is 22.8 Å². The van der Waals surface area contributed by atoms with Crippen molar-refractivity contribution in [1.29, 1.82) is 5.26 Å². The molecule has 0 aliphatic carbocycles. The number of nitrogens with zero attached hydrogens (tertiary/aromatic N) is 1. The van der Waals surface area contributed by atoms with Gasteiger partial charge in [0.2, 0.25) is 0 Å². The summed E-state index contributed by atoms with van der Waals surface area (Å²) in [6.45, 7) is 1.07. The highest BCUT2D eigenvalue weighted by atomic mass is 35.5. The zero-order chi connectivity index (χ0) is 14.4. The Labute approximate surface area is 126 Å². The molecule has 4 nitrogen and oxygen atoms in total. The van der Waals surface area contributed by atoms with Crippen molar-refractivity contribution in [1.82, 2.24) is 0 Å². The monoisotopic (exact) mass is 306 g/mol. The van der Waals surface area contributed by atoms with Gasteiger partial charge < -0.3 is 10.6 Å². The fourth-order valence-electron chi connectivity index (χ4n) is 1.69. The molecule has 0 aliphatic heterocycles. The van der Waals surface area contributed by atoms with E-state index in [9.17, 15) is 4.79 Å². The van der Waals surface area contributed by atoms with Gasteiger partial charge in [0.15, 0.2) is 6.54 Å². The van der Waals surface area contributed by atoms with Crippen molar-refractivity contribution in [2.45, 2.75) is 6.54 Å². The fourth-order valence-corrected chi connectivity index (χ4v) is 2.57. The molecule has 0 aliphatic rings. The lowest BCUT2D eigenvalue weighted by Crippen LogP contribution is -2.84. The molecule has 0 atom stereocenters. The Hall–Kier alpha value is -1.87. The number of carbonyl (C=O) groups is 1. The summed E-state index contributed by atoms with van der Waals surface area (Å²) in [6, 6.07) is 10.8. The third kappa shape index (κ3) is 4.07. The third-order valence-corrected chi connectivity index (χ3v) is 3.77. The van der Waals surface area contributed by atoms with Crippen molar-refractivity contribution in [2.75, 3.05) is 11.9 Å². The minimum absolute atomic E-state index is 0.152. The molecule has 0 bridgehead atoms. The van der Waals surface area contributed by atoms with Crippen LogP contribution in [0.15, 0.2) is 35.7 Å². The van der Waals surface area contributed by atoms with Crippen LogP contribution in [0.2, 0.25) is 5.02 Å². The largest absolute Gasteiger partial charge is 0.334 e. The second-order valence-corrected chi connectivity index (χ2v) is 5.59. The Morgan fingerprint density at radius 2 is 2.30 bits per heavy atom. The Balaban J connectivity index is 1.88. The molecule has 0 fully saturated rings. The topological polar surface area (TPSA) is 69.5 Å². The van der Waals surface area contributed by atoms with E-state index < -0.39 is 0 Å². The van der Waals surface area contributed by atoms with Crippen LogP contribution >= 0.6 is 22.9 Å². The number of amides is 1. The number of hydrogen-bond donors (Lipinski definition) is 2. The van der Waals surface area contributed by atoms with E-state index in [1.54, 1.807) is 29.5 Å². The van der Waals surface area contributed by atoms with Crippen molar-refractivity contribution in [3.8, 4) is 6.07 Å². The molecule has 1 heterocycles. The van der Waals surface area contributed by atoms with E-state index in [2.05, 4.69) is 5.32 Å². The van der Waals surface area contributed by atoms with Crippen LogP contribution in [0, 0.1) is 11.3 Å². The number of thiophene rings is 1. The van der Waals surface area contributed by atoms with Crippen molar-refractivity contribution in [3.63, 3.8) is 0 Å². The highest BCUT2D eigenvalue weighted by Gasteiger charge is 2.09. The molecule has 1 aromatic carbocycles. The lowest BCUT2D eigenvalue weighted by Gasteiger charge is -2.06. The average molecular weight is 307 g/mol. The SMILES string of the molecule is N#Cc1ccc(Cl)cc1NC(=O)C[NH2+]Cc1cccs1. The zero-order valence-electron chi connectivity index (χ0n) is 10.6. The predicted octanol–water partition coefficient (Wildman–Crippen LogP) is 1.98. The number of nitrogens with one attached hydrogen (secondary N) is 1. The van der Waals surface area contributed by atoms with Gasteiger partial charge in [-0.3, -0.25) is 4.79 Å². The van der Waals surface area contributed by atoms with Crippen molar-refractivity contribution in [3.05, 3.63) is 51.2 Å². The molecule has 1 amide bonds. The lowest BCUT2D eigenvalue weighted by atomic mass is 10.2. The van der Waals surface area contributed by atoms with E-state index in [4.69, 9.17) is 16.9 Å². The molecule has 0 unspecified atom stereocenters. The Kier molecular flexibility index (Phi) is 5.13. The quantitative estimate of drug-likeness (QED) is 0.887. The number of rotatable bonds is 5. The van der Waals surface area contributed by atoms with E-state index in [1.807, 2.05) is 28.9 Å². The van der Waals surface area contributed by atoms with E-state index >= 15 is 0 Å². The molecule has 0 saturated carbocycles. The minimum Gasteiger partial charge on any atom is -0.334 e. The molecular formula is C14H13ClN3OS+. The number of hydrogen-bond acceptors (Lipinski definition) is 3. The molecule has 102 valence electrons. The first-order valence-electron chi connectivity index (χ1n) is 6.02. The Morgan fingerprint density at radius 1 is 1.45 bits per heavy atom. The van der Waals surface area contributed by atoms with Gasteiger partial charge in [0.05, 0.1) is 16.1 Å².